The third-order valence-corrected chi connectivity index (χ3v) is 2.85. The SMILES string of the molecule is CC1(C)CC(O)(C2=COCC2)C1. The predicted octanol–water partition coefficient (Wildman–Crippen LogP) is 1.84. The second-order valence-electron chi connectivity index (χ2n) is 4.81. The molecule has 1 N–H and O–H groups in total. The average molecular weight is 168 g/mol. The van der Waals surface area contributed by atoms with Crippen molar-refractivity contribution in [1.29, 1.82) is 0 Å². The lowest BCUT2D eigenvalue weighted by atomic mass is 9.58. The monoisotopic (exact) mass is 168 g/mol. The molecule has 0 amide bonds. The van der Waals surface area contributed by atoms with Crippen molar-refractivity contribution in [2.75, 3.05) is 6.61 Å². The molecule has 2 heteroatoms. The highest BCUT2D eigenvalue weighted by molar-refractivity contribution is 5.23. The van der Waals surface area contributed by atoms with E-state index >= 15 is 0 Å². The first-order valence-electron chi connectivity index (χ1n) is 4.55. The first-order chi connectivity index (χ1) is 5.52. The zero-order valence-corrected chi connectivity index (χ0v) is 7.76. The molecular weight excluding hydrogens is 152 g/mol. The summed E-state index contributed by atoms with van der Waals surface area (Å²) in [6.07, 6.45) is 4.42. The molecule has 1 heterocycles. The highest BCUT2D eigenvalue weighted by Gasteiger charge is 2.50. The van der Waals surface area contributed by atoms with Crippen LogP contribution < -0.4 is 0 Å². The van der Waals surface area contributed by atoms with Gasteiger partial charge in [0.2, 0.25) is 0 Å². The van der Waals surface area contributed by atoms with Crippen molar-refractivity contribution >= 4 is 0 Å². The largest absolute Gasteiger partial charge is 0.501 e. The number of ether oxygens (including phenoxy) is 1. The molecule has 12 heavy (non-hydrogen) atoms. The van der Waals surface area contributed by atoms with Gasteiger partial charge in [-0.1, -0.05) is 13.8 Å². The third-order valence-electron chi connectivity index (χ3n) is 2.85. The fourth-order valence-corrected chi connectivity index (χ4v) is 2.49. The van der Waals surface area contributed by atoms with Gasteiger partial charge in [-0.25, -0.2) is 0 Å². The maximum absolute atomic E-state index is 10.1. The first-order valence-corrected chi connectivity index (χ1v) is 4.55. The van der Waals surface area contributed by atoms with Crippen molar-refractivity contribution in [3.8, 4) is 0 Å². The van der Waals surface area contributed by atoms with Crippen LogP contribution >= 0.6 is 0 Å². The van der Waals surface area contributed by atoms with Gasteiger partial charge in [0.05, 0.1) is 18.5 Å². The van der Waals surface area contributed by atoms with Gasteiger partial charge < -0.3 is 9.84 Å². The molecule has 0 aromatic carbocycles. The maximum atomic E-state index is 10.1. The van der Waals surface area contributed by atoms with Crippen molar-refractivity contribution in [2.24, 2.45) is 5.41 Å². The maximum Gasteiger partial charge on any atom is 0.0912 e. The van der Waals surface area contributed by atoms with E-state index in [0.29, 0.717) is 5.41 Å². The summed E-state index contributed by atoms with van der Waals surface area (Å²) in [5.41, 5.74) is 0.889. The van der Waals surface area contributed by atoms with Crippen molar-refractivity contribution in [3.63, 3.8) is 0 Å². The van der Waals surface area contributed by atoms with Crippen LogP contribution in [0, 0.1) is 5.41 Å². The van der Waals surface area contributed by atoms with Crippen LogP contribution in [0.5, 0.6) is 0 Å². The summed E-state index contributed by atoms with van der Waals surface area (Å²) in [7, 11) is 0. The van der Waals surface area contributed by atoms with Crippen LogP contribution in [0.15, 0.2) is 11.8 Å². The van der Waals surface area contributed by atoms with Crippen molar-refractivity contribution in [3.05, 3.63) is 11.8 Å². The van der Waals surface area contributed by atoms with E-state index in [1.54, 1.807) is 6.26 Å². The summed E-state index contributed by atoms with van der Waals surface area (Å²) in [5.74, 6) is 0. The van der Waals surface area contributed by atoms with Gasteiger partial charge in [0.1, 0.15) is 0 Å². The third kappa shape index (κ3) is 1.14. The van der Waals surface area contributed by atoms with E-state index in [4.69, 9.17) is 4.74 Å². The Kier molecular flexibility index (Phi) is 1.52. The molecule has 1 aliphatic heterocycles. The Hall–Kier alpha value is -0.500. The quantitative estimate of drug-likeness (QED) is 0.647. The molecule has 1 fully saturated rings. The van der Waals surface area contributed by atoms with E-state index in [0.717, 1.165) is 31.4 Å². The van der Waals surface area contributed by atoms with Gasteiger partial charge in [-0.3, -0.25) is 0 Å². The van der Waals surface area contributed by atoms with E-state index in [-0.39, 0.29) is 0 Å². The minimum Gasteiger partial charge on any atom is -0.501 e. The van der Waals surface area contributed by atoms with Crippen LogP contribution in [0.4, 0.5) is 0 Å². The number of hydrogen-bond acceptors (Lipinski definition) is 2. The molecule has 2 aliphatic rings. The molecule has 2 rings (SSSR count). The van der Waals surface area contributed by atoms with Crippen molar-refractivity contribution < 1.29 is 9.84 Å². The normalized spacial score (nSPS) is 30.4. The lowest BCUT2D eigenvalue weighted by molar-refractivity contribution is -0.0842. The molecule has 1 aliphatic carbocycles. The fraction of sp³-hybridized carbons (Fsp3) is 0.800. The summed E-state index contributed by atoms with van der Waals surface area (Å²) in [6.45, 7) is 5.13. The van der Waals surface area contributed by atoms with E-state index in [2.05, 4.69) is 13.8 Å². The van der Waals surface area contributed by atoms with Crippen LogP contribution in [0.2, 0.25) is 0 Å². The molecule has 68 valence electrons. The van der Waals surface area contributed by atoms with Crippen LogP contribution in [0.3, 0.4) is 0 Å². The summed E-state index contributed by atoms with van der Waals surface area (Å²) in [6, 6.07) is 0. The Labute approximate surface area is 73.2 Å². The zero-order chi connectivity index (χ0) is 8.82. The van der Waals surface area contributed by atoms with E-state index < -0.39 is 5.60 Å². The Morgan fingerprint density at radius 3 is 2.50 bits per heavy atom. The molecule has 0 aromatic heterocycles. The van der Waals surface area contributed by atoms with Crippen LogP contribution in [-0.4, -0.2) is 17.3 Å². The van der Waals surface area contributed by atoms with Gasteiger partial charge in [-0.2, -0.15) is 0 Å². The molecule has 0 saturated heterocycles. The molecule has 0 unspecified atom stereocenters. The predicted molar refractivity (Wildman–Crippen MR) is 46.6 cm³/mol. The highest BCUT2D eigenvalue weighted by Crippen LogP contribution is 2.52. The van der Waals surface area contributed by atoms with Gasteiger partial charge in [0.15, 0.2) is 0 Å². The molecule has 0 aromatic rings. The molecule has 0 atom stereocenters. The Morgan fingerprint density at radius 2 is 2.08 bits per heavy atom. The highest BCUT2D eigenvalue weighted by atomic mass is 16.5. The van der Waals surface area contributed by atoms with Gasteiger partial charge in [0, 0.05) is 6.42 Å². The second-order valence-corrected chi connectivity index (χ2v) is 4.81. The Balaban J connectivity index is 2.06. The Morgan fingerprint density at radius 1 is 1.42 bits per heavy atom. The van der Waals surface area contributed by atoms with Crippen LogP contribution in [0.25, 0.3) is 0 Å². The molecular formula is C10H16O2. The van der Waals surface area contributed by atoms with Gasteiger partial charge >= 0.3 is 0 Å². The lowest BCUT2D eigenvalue weighted by Crippen LogP contribution is -2.50. The van der Waals surface area contributed by atoms with Crippen molar-refractivity contribution in [1.82, 2.24) is 0 Å². The fourth-order valence-electron chi connectivity index (χ4n) is 2.49. The van der Waals surface area contributed by atoms with Crippen molar-refractivity contribution in [2.45, 2.75) is 38.7 Å². The lowest BCUT2D eigenvalue weighted by Gasteiger charge is -2.50. The number of hydrogen-bond donors (Lipinski definition) is 1. The zero-order valence-electron chi connectivity index (χ0n) is 7.76. The number of rotatable bonds is 1. The number of aliphatic hydroxyl groups is 1. The average Bonchev–Trinajstić information content (AvgIpc) is 2.31. The van der Waals surface area contributed by atoms with Crippen LogP contribution in [0.1, 0.15) is 33.1 Å². The summed E-state index contributed by atoms with van der Waals surface area (Å²) >= 11 is 0. The van der Waals surface area contributed by atoms with Crippen LogP contribution in [-0.2, 0) is 4.74 Å². The second kappa shape index (κ2) is 2.25. The van der Waals surface area contributed by atoms with E-state index in [1.807, 2.05) is 0 Å². The summed E-state index contributed by atoms with van der Waals surface area (Å²) in [5, 5.41) is 10.1. The Bertz CT molecular complexity index is 220. The molecule has 2 nitrogen and oxygen atoms in total. The molecule has 0 spiro atoms. The van der Waals surface area contributed by atoms with Gasteiger partial charge in [-0.15, -0.1) is 0 Å². The topological polar surface area (TPSA) is 29.5 Å². The standard InChI is InChI=1S/C10H16O2/c1-9(2)6-10(11,7-9)8-3-4-12-5-8/h5,11H,3-4,6-7H2,1-2H3. The first kappa shape index (κ1) is 8.11. The van der Waals surface area contributed by atoms with E-state index in [9.17, 15) is 5.11 Å². The molecule has 0 radical (unpaired) electrons. The minimum atomic E-state index is -0.528. The molecule has 0 bridgehead atoms. The molecule has 1 saturated carbocycles. The van der Waals surface area contributed by atoms with E-state index in [1.165, 1.54) is 0 Å². The van der Waals surface area contributed by atoms with Gasteiger partial charge in [0.25, 0.3) is 0 Å². The summed E-state index contributed by atoms with van der Waals surface area (Å²) < 4.78 is 5.13. The van der Waals surface area contributed by atoms with Gasteiger partial charge in [-0.05, 0) is 23.8 Å². The summed E-state index contributed by atoms with van der Waals surface area (Å²) in [4.78, 5) is 0. The minimum absolute atomic E-state index is 0.318. The smallest absolute Gasteiger partial charge is 0.0912 e.